The Bertz CT molecular complexity index is 618. The largest absolute Gasteiger partial charge is 0.340 e. The van der Waals surface area contributed by atoms with Crippen LogP contribution in [0.15, 0.2) is 34.2 Å². The van der Waals surface area contributed by atoms with Crippen LogP contribution in [0.5, 0.6) is 0 Å². The molecule has 1 aromatic rings. The normalized spacial score (nSPS) is 26.9. The fourth-order valence-electron chi connectivity index (χ4n) is 4.48. The average molecular weight is 389 g/mol. The fraction of sp³-hybridized carbons (Fsp3) is 0.682. The van der Waals surface area contributed by atoms with Crippen molar-refractivity contribution in [3.63, 3.8) is 0 Å². The number of rotatable bonds is 5. The number of benzene rings is 1. The standard InChI is InChI=1S/C22H36N4S/c1-17-8-5-6-13-26(17)22(25-20-11-3-4-12-21(20)27-2)24-16-19-10-7-9-18(14-19)15-23/h3-4,11-12,17-19H,5-10,13-16,23H2,1-2H3,(H,24,25). The van der Waals surface area contributed by atoms with E-state index in [9.17, 15) is 0 Å². The Morgan fingerprint density at radius 3 is 2.78 bits per heavy atom. The Balaban J connectivity index is 1.76. The van der Waals surface area contributed by atoms with E-state index in [0.717, 1.165) is 25.6 Å². The van der Waals surface area contributed by atoms with Crippen LogP contribution in [0.25, 0.3) is 0 Å². The SMILES string of the molecule is CSc1ccccc1NC(=NCC1CCCC(CN)C1)N1CCCCC1C. The van der Waals surface area contributed by atoms with Gasteiger partial charge >= 0.3 is 0 Å². The minimum Gasteiger partial charge on any atom is -0.340 e. The van der Waals surface area contributed by atoms with Crippen molar-refractivity contribution in [3.8, 4) is 0 Å². The highest BCUT2D eigenvalue weighted by Gasteiger charge is 2.24. The lowest BCUT2D eigenvalue weighted by molar-refractivity contribution is 0.253. The zero-order chi connectivity index (χ0) is 19.1. The van der Waals surface area contributed by atoms with Crippen molar-refractivity contribution in [2.75, 3.05) is 31.2 Å². The van der Waals surface area contributed by atoms with Gasteiger partial charge in [-0.15, -0.1) is 11.8 Å². The van der Waals surface area contributed by atoms with Gasteiger partial charge in [0.1, 0.15) is 0 Å². The van der Waals surface area contributed by atoms with E-state index in [0.29, 0.717) is 17.9 Å². The van der Waals surface area contributed by atoms with E-state index < -0.39 is 0 Å². The number of nitrogens with one attached hydrogen (secondary N) is 1. The van der Waals surface area contributed by atoms with Gasteiger partial charge in [-0.05, 0) is 82.2 Å². The van der Waals surface area contributed by atoms with Crippen LogP contribution < -0.4 is 11.1 Å². The molecule has 0 radical (unpaired) electrons. The summed E-state index contributed by atoms with van der Waals surface area (Å²) >= 11 is 1.78. The second-order valence-electron chi connectivity index (χ2n) is 8.16. The number of para-hydroxylation sites is 1. The summed E-state index contributed by atoms with van der Waals surface area (Å²) in [7, 11) is 0. The van der Waals surface area contributed by atoms with E-state index in [1.807, 2.05) is 0 Å². The minimum absolute atomic E-state index is 0.551. The van der Waals surface area contributed by atoms with Crippen molar-refractivity contribution in [1.29, 1.82) is 0 Å². The van der Waals surface area contributed by atoms with Gasteiger partial charge in [0.05, 0.1) is 5.69 Å². The summed E-state index contributed by atoms with van der Waals surface area (Å²) in [6, 6.07) is 9.10. The second-order valence-corrected chi connectivity index (χ2v) is 9.01. The van der Waals surface area contributed by atoms with Crippen molar-refractivity contribution in [1.82, 2.24) is 4.90 Å². The maximum absolute atomic E-state index is 5.93. The van der Waals surface area contributed by atoms with Gasteiger partial charge in [-0.25, -0.2) is 0 Å². The van der Waals surface area contributed by atoms with Gasteiger partial charge < -0.3 is 16.0 Å². The molecule has 3 rings (SSSR count). The molecule has 0 aromatic heterocycles. The fourth-order valence-corrected chi connectivity index (χ4v) is 5.03. The molecule has 1 aliphatic carbocycles. The Hall–Kier alpha value is -1.20. The van der Waals surface area contributed by atoms with Gasteiger partial charge in [0.25, 0.3) is 0 Å². The number of aliphatic imine (C=N–C) groups is 1. The molecule has 0 bridgehead atoms. The van der Waals surface area contributed by atoms with Crippen LogP contribution in [0.3, 0.4) is 0 Å². The monoisotopic (exact) mass is 388 g/mol. The van der Waals surface area contributed by atoms with Gasteiger partial charge in [-0.1, -0.05) is 18.6 Å². The molecule has 1 saturated carbocycles. The number of hydrogen-bond acceptors (Lipinski definition) is 3. The minimum atomic E-state index is 0.551. The molecule has 0 amide bonds. The quantitative estimate of drug-likeness (QED) is 0.431. The van der Waals surface area contributed by atoms with Crippen LogP contribution in [0.2, 0.25) is 0 Å². The van der Waals surface area contributed by atoms with Gasteiger partial charge in [0.2, 0.25) is 0 Å². The predicted molar refractivity (Wildman–Crippen MR) is 119 cm³/mol. The van der Waals surface area contributed by atoms with Crippen LogP contribution in [0.4, 0.5) is 5.69 Å². The average Bonchev–Trinajstić information content (AvgIpc) is 2.72. The third-order valence-corrected chi connectivity index (χ3v) is 6.95. The van der Waals surface area contributed by atoms with Crippen LogP contribution in [-0.2, 0) is 0 Å². The molecule has 3 unspecified atom stereocenters. The molecule has 2 fully saturated rings. The van der Waals surface area contributed by atoms with E-state index in [1.165, 1.54) is 55.5 Å². The van der Waals surface area contributed by atoms with Crippen LogP contribution >= 0.6 is 11.8 Å². The van der Waals surface area contributed by atoms with Crippen molar-refractivity contribution >= 4 is 23.4 Å². The van der Waals surface area contributed by atoms with E-state index in [-0.39, 0.29) is 0 Å². The molecule has 1 aliphatic heterocycles. The van der Waals surface area contributed by atoms with Gasteiger partial charge in [-0.2, -0.15) is 0 Å². The number of likely N-dealkylation sites (tertiary alicyclic amines) is 1. The van der Waals surface area contributed by atoms with Gasteiger partial charge in [0, 0.05) is 24.0 Å². The molecule has 1 aromatic carbocycles. The highest BCUT2D eigenvalue weighted by atomic mass is 32.2. The van der Waals surface area contributed by atoms with Crippen molar-refractivity contribution < 1.29 is 0 Å². The summed E-state index contributed by atoms with van der Waals surface area (Å²) in [5, 5.41) is 3.69. The first-order valence-electron chi connectivity index (χ1n) is 10.6. The Labute approximate surface area is 169 Å². The number of guanidine groups is 1. The molecule has 27 heavy (non-hydrogen) atoms. The molecule has 3 atom stereocenters. The number of thioether (sulfide) groups is 1. The predicted octanol–water partition coefficient (Wildman–Crippen LogP) is 4.82. The topological polar surface area (TPSA) is 53.6 Å². The van der Waals surface area contributed by atoms with Crippen molar-refractivity contribution in [2.45, 2.75) is 62.8 Å². The number of anilines is 1. The first kappa shape index (κ1) is 20.5. The second kappa shape index (κ2) is 10.4. The lowest BCUT2D eigenvalue weighted by Gasteiger charge is -2.36. The lowest BCUT2D eigenvalue weighted by atomic mass is 9.81. The van der Waals surface area contributed by atoms with Crippen LogP contribution in [-0.4, -0.2) is 42.8 Å². The molecule has 1 saturated heterocycles. The summed E-state index contributed by atoms with van der Waals surface area (Å²) in [5.74, 6) is 2.44. The zero-order valence-electron chi connectivity index (χ0n) is 17.0. The Kier molecular flexibility index (Phi) is 7.89. The number of nitrogens with two attached hydrogens (primary N) is 1. The first-order valence-corrected chi connectivity index (χ1v) is 11.8. The molecule has 1 heterocycles. The molecule has 0 spiro atoms. The molecular weight excluding hydrogens is 352 g/mol. The van der Waals surface area contributed by atoms with Crippen LogP contribution in [0, 0.1) is 11.8 Å². The summed E-state index contributed by atoms with van der Waals surface area (Å²) < 4.78 is 0. The summed E-state index contributed by atoms with van der Waals surface area (Å²) in [6.45, 7) is 5.19. The first-order chi connectivity index (χ1) is 13.2. The van der Waals surface area contributed by atoms with Crippen molar-refractivity contribution in [2.24, 2.45) is 22.6 Å². The van der Waals surface area contributed by atoms with Gasteiger partial charge in [0.15, 0.2) is 5.96 Å². The van der Waals surface area contributed by atoms with E-state index in [2.05, 4.69) is 47.7 Å². The highest BCUT2D eigenvalue weighted by molar-refractivity contribution is 7.98. The van der Waals surface area contributed by atoms with Crippen molar-refractivity contribution in [3.05, 3.63) is 24.3 Å². The van der Waals surface area contributed by atoms with Crippen LogP contribution in [0.1, 0.15) is 51.9 Å². The smallest absolute Gasteiger partial charge is 0.198 e. The summed E-state index contributed by atoms with van der Waals surface area (Å²) in [5.41, 5.74) is 7.10. The maximum atomic E-state index is 5.93. The molecule has 2 aliphatic rings. The molecule has 5 heteroatoms. The van der Waals surface area contributed by atoms with E-state index in [4.69, 9.17) is 10.7 Å². The number of nitrogens with zero attached hydrogens (tertiary/aromatic N) is 2. The maximum Gasteiger partial charge on any atom is 0.198 e. The van der Waals surface area contributed by atoms with E-state index >= 15 is 0 Å². The Morgan fingerprint density at radius 2 is 2.00 bits per heavy atom. The highest BCUT2D eigenvalue weighted by Crippen LogP contribution is 2.29. The summed E-state index contributed by atoms with van der Waals surface area (Å²) in [4.78, 5) is 8.91. The number of hydrogen-bond donors (Lipinski definition) is 2. The molecular formula is C22H36N4S. The molecule has 150 valence electrons. The summed E-state index contributed by atoms with van der Waals surface area (Å²) in [6.07, 6.45) is 11.1. The molecule has 4 nitrogen and oxygen atoms in total. The Morgan fingerprint density at radius 1 is 1.19 bits per heavy atom. The van der Waals surface area contributed by atoms with E-state index in [1.54, 1.807) is 11.8 Å². The van der Waals surface area contributed by atoms with Gasteiger partial charge in [-0.3, -0.25) is 4.99 Å². The number of piperidine rings is 1. The molecule has 3 N–H and O–H groups in total. The third-order valence-electron chi connectivity index (χ3n) is 6.15. The lowest BCUT2D eigenvalue weighted by Crippen LogP contribution is -2.45. The third kappa shape index (κ3) is 5.64. The zero-order valence-corrected chi connectivity index (χ0v) is 17.8.